The molecule has 2 heterocycles. The first-order valence-corrected chi connectivity index (χ1v) is 8.98. The van der Waals surface area contributed by atoms with Gasteiger partial charge in [-0.15, -0.1) is 0 Å². The fourth-order valence-electron chi connectivity index (χ4n) is 3.41. The van der Waals surface area contributed by atoms with Gasteiger partial charge in [-0.1, -0.05) is 12.1 Å². The van der Waals surface area contributed by atoms with Crippen molar-refractivity contribution in [3.8, 4) is 0 Å². The number of fused-ring (bicyclic) bond motifs is 1. The number of hydrogen-bond donors (Lipinski definition) is 1. The van der Waals surface area contributed by atoms with Crippen LogP contribution in [0.3, 0.4) is 0 Å². The molecule has 0 bridgehead atoms. The number of nitrogens with one attached hydrogen (secondary N) is 1. The first-order chi connectivity index (χ1) is 13.1. The number of nitrogens with zero attached hydrogens (tertiary/aromatic N) is 2. The molecule has 7 heteroatoms. The third kappa shape index (κ3) is 3.86. The molecule has 1 N–H and O–H groups in total. The second kappa shape index (κ2) is 7.26. The van der Waals surface area contributed by atoms with E-state index in [4.69, 9.17) is 4.42 Å². The molecule has 0 aliphatic carbocycles. The predicted octanol–water partition coefficient (Wildman–Crippen LogP) is 2.54. The molecule has 1 amide bonds. The van der Waals surface area contributed by atoms with Crippen LogP contribution >= 0.6 is 0 Å². The van der Waals surface area contributed by atoms with E-state index in [2.05, 4.69) is 9.88 Å². The zero-order valence-corrected chi connectivity index (χ0v) is 14.8. The Labute approximate surface area is 155 Å². The summed E-state index contributed by atoms with van der Waals surface area (Å²) in [5.41, 5.74) is 3.18. The zero-order valence-electron chi connectivity index (χ0n) is 14.8. The number of aromatic amines is 1. The second-order valence-electron chi connectivity index (χ2n) is 6.69. The first-order valence-electron chi connectivity index (χ1n) is 8.98. The number of benzene rings is 2. The summed E-state index contributed by atoms with van der Waals surface area (Å²) in [7, 11) is 0. The van der Waals surface area contributed by atoms with Crippen LogP contribution in [-0.4, -0.2) is 42.0 Å². The average molecular weight is 369 g/mol. The van der Waals surface area contributed by atoms with Crippen LogP contribution in [0.2, 0.25) is 0 Å². The van der Waals surface area contributed by atoms with E-state index in [0.717, 1.165) is 24.3 Å². The normalized spacial score (nSPS) is 14.7. The van der Waals surface area contributed by atoms with E-state index >= 15 is 0 Å². The van der Waals surface area contributed by atoms with Crippen molar-refractivity contribution in [2.45, 2.75) is 12.8 Å². The number of hydrogen-bond acceptors (Lipinski definition) is 4. The van der Waals surface area contributed by atoms with Gasteiger partial charge in [0.25, 0.3) is 0 Å². The van der Waals surface area contributed by atoms with Crippen LogP contribution in [0, 0.1) is 5.82 Å². The number of anilines is 1. The van der Waals surface area contributed by atoms with Gasteiger partial charge in [0.2, 0.25) is 5.91 Å². The van der Waals surface area contributed by atoms with Crippen LogP contribution in [0.25, 0.3) is 11.1 Å². The van der Waals surface area contributed by atoms with Crippen molar-refractivity contribution >= 4 is 22.7 Å². The third-order valence-electron chi connectivity index (χ3n) is 4.94. The Morgan fingerprint density at radius 1 is 1.07 bits per heavy atom. The van der Waals surface area contributed by atoms with E-state index in [1.807, 2.05) is 17.0 Å². The monoisotopic (exact) mass is 369 g/mol. The number of carbonyl (C=O) groups excluding carboxylic acids is 1. The van der Waals surface area contributed by atoms with Crippen molar-refractivity contribution in [3.63, 3.8) is 0 Å². The smallest absolute Gasteiger partial charge is 0.408 e. The lowest BCUT2D eigenvalue weighted by atomic mass is 10.1. The maximum absolute atomic E-state index is 12.9. The van der Waals surface area contributed by atoms with E-state index in [-0.39, 0.29) is 11.7 Å². The summed E-state index contributed by atoms with van der Waals surface area (Å²) >= 11 is 0. The lowest BCUT2D eigenvalue weighted by molar-refractivity contribution is -0.131. The quantitative estimate of drug-likeness (QED) is 0.767. The molecule has 4 rings (SSSR count). The Morgan fingerprint density at radius 3 is 2.56 bits per heavy atom. The number of aryl methyl sites for hydroxylation is 1. The number of H-pyrrole nitrogens is 1. The molecule has 140 valence electrons. The number of aromatic nitrogens is 1. The molecule has 0 radical (unpaired) electrons. The van der Waals surface area contributed by atoms with Crippen molar-refractivity contribution in [2.75, 3.05) is 31.1 Å². The number of piperazine rings is 1. The fraction of sp³-hybridized carbons (Fsp3) is 0.300. The first kappa shape index (κ1) is 17.3. The molecule has 1 saturated heterocycles. The van der Waals surface area contributed by atoms with Gasteiger partial charge in [0.1, 0.15) is 5.82 Å². The molecule has 27 heavy (non-hydrogen) atoms. The topological polar surface area (TPSA) is 69.6 Å². The van der Waals surface area contributed by atoms with Gasteiger partial charge < -0.3 is 14.2 Å². The van der Waals surface area contributed by atoms with Gasteiger partial charge in [0.15, 0.2) is 5.58 Å². The van der Waals surface area contributed by atoms with Gasteiger partial charge in [0.05, 0.1) is 5.52 Å². The zero-order chi connectivity index (χ0) is 18.8. The molecular weight excluding hydrogens is 349 g/mol. The predicted molar refractivity (Wildman–Crippen MR) is 100 cm³/mol. The summed E-state index contributed by atoms with van der Waals surface area (Å²) in [5, 5.41) is 0. The summed E-state index contributed by atoms with van der Waals surface area (Å²) in [4.78, 5) is 30.4. The summed E-state index contributed by atoms with van der Waals surface area (Å²) in [6, 6.07) is 11.9. The highest BCUT2D eigenvalue weighted by atomic mass is 19.1. The Hall–Kier alpha value is -3.09. The third-order valence-corrected chi connectivity index (χ3v) is 4.94. The van der Waals surface area contributed by atoms with Gasteiger partial charge in [-0.2, -0.15) is 0 Å². The molecule has 0 atom stereocenters. The van der Waals surface area contributed by atoms with E-state index in [1.54, 1.807) is 18.2 Å². The number of carbonyl (C=O) groups is 1. The van der Waals surface area contributed by atoms with Crippen molar-refractivity contribution in [3.05, 3.63) is 64.4 Å². The summed E-state index contributed by atoms with van der Waals surface area (Å²) in [6.45, 7) is 2.77. The Bertz CT molecular complexity index is 1000. The van der Waals surface area contributed by atoms with Gasteiger partial charge in [-0.25, -0.2) is 9.18 Å². The van der Waals surface area contributed by atoms with Crippen LogP contribution in [0.4, 0.5) is 10.1 Å². The molecule has 1 aliphatic heterocycles. The lowest BCUT2D eigenvalue weighted by Crippen LogP contribution is -2.48. The number of rotatable bonds is 4. The lowest BCUT2D eigenvalue weighted by Gasteiger charge is -2.36. The SMILES string of the molecule is O=C(CCc1ccc(F)cc1)N1CCN(c2ccc3oc(=O)[nH]c3c2)CC1. The molecule has 1 fully saturated rings. The molecule has 6 nitrogen and oxygen atoms in total. The highest BCUT2D eigenvalue weighted by Gasteiger charge is 2.21. The van der Waals surface area contributed by atoms with Crippen molar-refractivity contribution < 1.29 is 13.6 Å². The minimum Gasteiger partial charge on any atom is -0.408 e. The Morgan fingerprint density at radius 2 is 1.81 bits per heavy atom. The van der Waals surface area contributed by atoms with Crippen LogP contribution in [0.5, 0.6) is 0 Å². The van der Waals surface area contributed by atoms with Crippen molar-refractivity contribution in [2.24, 2.45) is 0 Å². The molecule has 3 aromatic rings. The summed E-state index contributed by atoms with van der Waals surface area (Å²) in [6.07, 6.45) is 1.04. The summed E-state index contributed by atoms with van der Waals surface area (Å²) in [5.74, 6) is -0.605. The van der Waals surface area contributed by atoms with Crippen molar-refractivity contribution in [1.82, 2.24) is 9.88 Å². The Kier molecular flexibility index (Phi) is 4.66. The van der Waals surface area contributed by atoms with Gasteiger partial charge in [0, 0.05) is 38.3 Å². The maximum atomic E-state index is 12.9. The van der Waals surface area contributed by atoms with Crippen molar-refractivity contribution in [1.29, 1.82) is 0 Å². The molecule has 1 aromatic heterocycles. The minimum atomic E-state index is -0.460. The van der Waals surface area contributed by atoms with Crippen LogP contribution in [0.1, 0.15) is 12.0 Å². The van der Waals surface area contributed by atoms with Gasteiger partial charge in [-0.05, 0) is 42.3 Å². The standard InChI is InChI=1S/C20H20FN3O3/c21-15-4-1-14(2-5-15)3-8-19(25)24-11-9-23(10-12-24)16-6-7-18-17(13-16)22-20(26)27-18/h1-2,4-7,13H,3,8-12H2,(H,22,26). The molecule has 0 unspecified atom stereocenters. The molecule has 1 aliphatic rings. The largest absolute Gasteiger partial charge is 0.417 e. The van der Waals surface area contributed by atoms with E-state index in [0.29, 0.717) is 37.0 Å². The van der Waals surface area contributed by atoms with Gasteiger partial charge in [-0.3, -0.25) is 9.78 Å². The number of amides is 1. The van der Waals surface area contributed by atoms with Crippen LogP contribution in [-0.2, 0) is 11.2 Å². The van der Waals surface area contributed by atoms with Crippen LogP contribution < -0.4 is 10.7 Å². The minimum absolute atomic E-state index is 0.119. The average Bonchev–Trinajstić information content (AvgIpc) is 3.06. The molecule has 0 spiro atoms. The highest BCUT2D eigenvalue weighted by molar-refractivity contribution is 5.78. The maximum Gasteiger partial charge on any atom is 0.417 e. The molecule has 2 aromatic carbocycles. The van der Waals surface area contributed by atoms with Crippen LogP contribution in [0.15, 0.2) is 51.7 Å². The summed E-state index contributed by atoms with van der Waals surface area (Å²) < 4.78 is 18.0. The van der Waals surface area contributed by atoms with E-state index < -0.39 is 5.76 Å². The Balaban J connectivity index is 1.32. The van der Waals surface area contributed by atoms with E-state index in [1.165, 1.54) is 12.1 Å². The highest BCUT2D eigenvalue weighted by Crippen LogP contribution is 2.21. The molecular formula is C20H20FN3O3. The second-order valence-corrected chi connectivity index (χ2v) is 6.69. The van der Waals surface area contributed by atoms with Gasteiger partial charge >= 0.3 is 5.76 Å². The molecule has 0 saturated carbocycles. The number of halogens is 1. The van der Waals surface area contributed by atoms with E-state index in [9.17, 15) is 14.0 Å². The number of oxazole rings is 1. The fourth-order valence-corrected chi connectivity index (χ4v) is 3.41.